The Labute approximate surface area is 173 Å². The van der Waals surface area contributed by atoms with Crippen LogP contribution in [0.5, 0.6) is 0 Å². The van der Waals surface area contributed by atoms with Crippen LogP contribution >= 0.6 is 0 Å². The monoisotopic (exact) mass is 402 g/mol. The van der Waals surface area contributed by atoms with Gasteiger partial charge < -0.3 is 15.0 Å². The van der Waals surface area contributed by atoms with Crippen LogP contribution in [0.3, 0.4) is 0 Å². The highest BCUT2D eigenvalue weighted by atomic mass is 16.5. The fourth-order valence-corrected chi connectivity index (χ4v) is 4.37. The largest absolute Gasteiger partial charge is 0.461 e. The number of amides is 2. The van der Waals surface area contributed by atoms with Gasteiger partial charge in [-0.05, 0) is 58.3 Å². The molecule has 1 fully saturated rings. The molecule has 1 N–H and O–H groups in total. The number of rotatable bonds is 6. The van der Waals surface area contributed by atoms with E-state index in [-0.39, 0.29) is 41.6 Å². The van der Waals surface area contributed by atoms with Gasteiger partial charge in [-0.15, -0.1) is 0 Å². The van der Waals surface area contributed by atoms with Crippen molar-refractivity contribution in [2.75, 3.05) is 19.6 Å². The zero-order valence-electron chi connectivity index (χ0n) is 17.5. The Morgan fingerprint density at radius 1 is 0.931 bits per heavy atom. The van der Waals surface area contributed by atoms with Gasteiger partial charge in [-0.25, -0.2) is 0 Å². The van der Waals surface area contributed by atoms with Crippen LogP contribution < -0.4 is 5.32 Å². The number of esters is 1. The molecule has 0 saturated carbocycles. The molecule has 6 nitrogen and oxygen atoms in total. The standard InChI is InChI=1S/C23H34N2O4/c1-17(16-24-21(26)18-8-4-2-5-9-18)29-23(28)20-12-14-25(15-13-20)22(27)19-10-6-3-7-11-19/h2-4,6,17-20H,5,7-16H2,1H3,(H,24,26)/t17-,18-,19+/m1/s1. The van der Waals surface area contributed by atoms with E-state index in [1.165, 1.54) is 0 Å². The van der Waals surface area contributed by atoms with Crippen LogP contribution in [0.2, 0.25) is 0 Å². The zero-order valence-corrected chi connectivity index (χ0v) is 17.5. The summed E-state index contributed by atoms with van der Waals surface area (Å²) in [5.74, 6) is 0.0413. The SMILES string of the molecule is C[C@H](CNC(=O)[C@@H]1CC=CCC1)OC(=O)C1CCN(C(=O)[C@H]2CC=CCC2)CC1. The zero-order chi connectivity index (χ0) is 20.6. The van der Waals surface area contributed by atoms with Crippen molar-refractivity contribution in [3.05, 3.63) is 24.3 Å². The van der Waals surface area contributed by atoms with Crippen LogP contribution in [0.25, 0.3) is 0 Å². The quantitative estimate of drug-likeness (QED) is 0.547. The second kappa shape index (κ2) is 10.6. The molecule has 0 aromatic rings. The van der Waals surface area contributed by atoms with E-state index in [4.69, 9.17) is 4.74 Å². The number of likely N-dealkylation sites (tertiary alicyclic amines) is 1. The molecular formula is C23H34N2O4. The van der Waals surface area contributed by atoms with Crippen molar-refractivity contribution in [3.63, 3.8) is 0 Å². The lowest BCUT2D eigenvalue weighted by atomic mass is 9.91. The van der Waals surface area contributed by atoms with Gasteiger partial charge in [0.2, 0.25) is 11.8 Å². The average Bonchev–Trinajstić information content (AvgIpc) is 2.78. The molecule has 29 heavy (non-hydrogen) atoms. The van der Waals surface area contributed by atoms with Crippen molar-refractivity contribution in [2.45, 2.75) is 64.4 Å². The van der Waals surface area contributed by atoms with Gasteiger partial charge in [-0.3, -0.25) is 14.4 Å². The first kappa shape index (κ1) is 21.6. The highest BCUT2D eigenvalue weighted by molar-refractivity contribution is 5.80. The third-order valence-electron chi connectivity index (χ3n) is 6.28. The summed E-state index contributed by atoms with van der Waals surface area (Å²) in [6.45, 7) is 3.41. The molecule has 0 radical (unpaired) electrons. The van der Waals surface area contributed by atoms with Crippen LogP contribution in [0, 0.1) is 17.8 Å². The molecule has 1 heterocycles. The van der Waals surface area contributed by atoms with Crippen LogP contribution in [-0.2, 0) is 19.1 Å². The average molecular weight is 403 g/mol. The van der Waals surface area contributed by atoms with Gasteiger partial charge in [-0.2, -0.15) is 0 Å². The molecule has 160 valence electrons. The number of carbonyl (C=O) groups excluding carboxylic acids is 3. The highest BCUT2D eigenvalue weighted by Gasteiger charge is 2.32. The molecule has 0 spiro atoms. The summed E-state index contributed by atoms with van der Waals surface area (Å²) >= 11 is 0. The Hall–Kier alpha value is -2.11. The number of hydrogen-bond acceptors (Lipinski definition) is 4. The molecule has 3 aliphatic rings. The summed E-state index contributed by atoms with van der Waals surface area (Å²) < 4.78 is 5.56. The normalized spacial score (nSPS) is 26.0. The summed E-state index contributed by atoms with van der Waals surface area (Å²) in [6, 6.07) is 0. The second-order valence-corrected chi connectivity index (χ2v) is 8.55. The maximum atomic E-state index is 12.6. The predicted octanol–water partition coefficient (Wildman–Crippen LogP) is 2.99. The maximum Gasteiger partial charge on any atom is 0.309 e. The van der Waals surface area contributed by atoms with Gasteiger partial charge in [0.1, 0.15) is 6.10 Å². The van der Waals surface area contributed by atoms with Crippen LogP contribution in [-0.4, -0.2) is 48.4 Å². The van der Waals surface area contributed by atoms with E-state index in [2.05, 4.69) is 29.6 Å². The highest BCUT2D eigenvalue weighted by Crippen LogP contribution is 2.25. The smallest absolute Gasteiger partial charge is 0.309 e. The van der Waals surface area contributed by atoms with E-state index in [1.54, 1.807) is 0 Å². The molecule has 0 aromatic carbocycles. The number of ether oxygens (including phenoxy) is 1. The summed E-state index contributed by atoms with van der Waals surface area (Å²) in [4.78, 5) is 39.2. The van der Waals surface area contributed by atoms with Crippen molar-refractivity contribution in [1.29, 1.82) is 0 Å². The third-order valence-corrected chi connectivity index (χ3v) is 6.28. The number of allylic oxidation sites excluding steroid dienone is 4. The third kappa shape index (κ3) is 6.18. The number of piperidine rings is 1. The molecular weight excluding hydrogens is 368 g/mol. The fourth-order valence-electron chi connectivity index (χ4n) is 4.37. The van der Waals surface area contributed by atoms with Gasteiger partial charge in [0, 0.05) is 24.9 Å². The van der Waals surface area contributed by atoms with Gasteiger partial charge >= 0.3 is 5.97 Å². The van der Waals surface area contributed by atoms with E-state index in [0.29, 0.717) is 32.5 Å². The van der Waals surface area contributed by atoms with E-state index >= 15 is 0 Å². The first-order valence-electron chi connectivity index (χ1n) is 11.1. The van der Waals surface area contributed by atoms with Gasteiger partial charge in [0.15, 0.2) is 0 Å². The minimum Gasteiger partial charge on any atom is -0.461 e. The molecule has 0 bridgehead atoms. The van der Waals surface area contributed by atoms with Crippen molar-refractivity contribution in [2.24, 2.45) is 17.8 Å². The topological polar surface area (TPSA) is 75.7 Å². The van der Waals surface area contributed by atoms with E-state index < -0.39 is 0 Å². The Bertz CT molecular complexity index is 649. The minimum atomic E-state index is -0.348. The molecule has 2 amide bonds. The van der Waals surface area contributed by atoms with Gasteiger partial charge in [0.25, 0.3) is 0 Å². The molecule has 0 unspecified atom stereocenters. The van der Waals surface area contributed by atoms with Gasteiger partial charge in [-0.1, -0.05) is 24.3 Å². The molecule has 3 atom stereocenters. The van der Waals surface area contributed by atoms with Crippen molar-refractivity contribution in [1.82, 2.24) is 10.2 Å². The van der Waals surface area contributed by atoms with Crippen LogP contribution in [0.4, 0.5) is 0 Å². The summed E-state index contributed by atoms with van der Waals surface area (Å²) in [7, 11) is 0. The first-order valence-corrected chi connectivity index (χ1v) is 11.1. The molecule has 3 rings (SSSR count). The van der Waals surface area contributed by atoms with Crippen molar-refractivity contribution < 1.29 is 19.1 Å². The van der Waals surface area contributed by atoms with Crippen LogP contribution in [0.1, 0.15) is 58.3 Å². The number of hydrogen-bond donors (Lipinski definition) is 1. The van der Waals surface area contributed by atoms with Crippen molar-refractivity contribution in [3.8, 4) is 0 Å². The summed E-state index contributed by atoms with van der Waals surface area (Å²) in [5, 5.41) is 2.91. The lowest BCUT2D eigenvalue weighted by Gasteiger charge is -2.34. The maximum absolute atomic E-state index is 12.6. The number of nitrogens with zero attached hydrogens (tertiary/aromatic N) is 1. The van der Waals surface area contributed by atoms with Crippen LogP contribution in [0.15, 0.2) is 24.3 Å². The Morgan fingerprint density at radius 3 is 2.14 bits per heavy atom. The van der Waals surface area contributed by atoms with Gasteiger partial charge in [0.05, 0.1) is 12.5 Å². The molecule has 1 aliphatic heterocycles. The molecule has 0 aromatic heterocycles. The number of nitrogens with one attached hydrogen (secondary N) is 1. The summed E-state index contributed by atoms with van der Waals surface area (Å²) in [5.41, 5.74) is 0. The predicted molar refractivity (Wildman–Crippen MR) is 111 cm³/mol. The van der Waals surface area contributed by atoms with E-state index in [1.807, 2.05) is 11.8 Å². The molecule has 2 aliphatic carbocycles. The summed E-state index contributed by atoms with van der Waals surface area (Å²) in [6.07, 6.45) is 14.7. The molecule has 1 saturated heterocycles. The Morgan fingerprint density at radius 2 is 1.55 bits per heavy atom. The van der Waals surface area contributed by atoms with Crippen molar-refractivity contribution >= 4 is 17.8 Å². The van der Waals surface area contributed by atoms with E-state index in [0.717, 1.165) is 38.5 Å². The lowest BCUT2D eigenvalue weighted by Crippen LogP contribution is -2.44. The Balaban J connectivity index is 1.35. The minimum absolute atomic E-state index is 0.0319. The lowest BCUT2D eigenvalue weighted by molar-refractivity contribution is -0.156. The Kier molecular flexibility index (Phi) is 7.90. The van der Waals surface area contributed by atoms with E-state index in [9.17, 15) is 14.4 Å². The number of carbonyl (C=O) groups is 3. The fraction of sp³-hybridized carbons (Fsp3) is 0.696. The second-order valence-electron chi connectivity index (χ2n) is 8.55. The molecule has 6 heteroatoms. The first-order chi connectivity index (χ1) is 14.0.